The molecule has 0 bridgehead atoms. The molecule has 3 N–H and O–H groups in total. The quantitative estimate of drug-likeness (QED) is 0.558. The maximum atomic E-state index is 9.39. The predicted molar refractivity (Wildman–Crippen MR) is 110 cm³/mol. The summed E-state index contributed by atoms with van der Waals surface area (Å²) in [4.78, 5) is 12.8. The fourth-order valence-corrected chi connectivity index (χ4v) is 3.31. The number of nitrogens with two attached hydrogens (primary N) is 1. The number of rotatable bonds is 4. The molecule has 0 amide bonds. The SMILES string of the molecule is CC(Nc1ncnc(N)c1C#N)c1ncc2ccccc2c1-c1ccccc1. The van der Waals surface area contributed by atoms with Crippen LogP contribution in [0.2, 0.25) is 0 Å². The van der Waals surface area contributed by atoms with E-state index in [-0.39, 0.29) is 17.4 Å². The van der Waals surface area contributed by atoms with Gasteiger partial charge in [0, 0.05) is 17.1 Å². The first kappa shape index (κ1) is 17.4. The molecule has 2 heterocycles. The molecule has 1 atom stereocenters. The number of aromatic nitrogens is 3. The van der Waals surface area contributed by atoms with E-state index in [1.807, 2.05) is 43.5 Å². The smallest absolute Gasteiger partial charge is 0.150 e. The van der Waals surface area contributed by atoms with Gasteiger partial charge in [0.2, 0.25) is 0 Å². The van der Waals surface area contributed by atoms with E-state index in [0.717, 1.165) is 27.6 Å². The van der Waals surface area contributed by atoms with Gasteiger partial charge in [-0.05, 0) is 17.9 Å². The summed E-state index contributed by atoms with van der Waals surface area (Å²) in [5, 5.41) is 14.9. The summed E-state index contributed by atoms with van der Waals surface area (Å²) < 4.78 is 0. The van der Waals surface area contributed by atoms with Crippen molar-refractivity contribution in [2.75, 3.05) is 11.1 Å². The highest BCUT2D eigenvalue weighted by molar-refractivity contribution is 5.97. The summed E-state index contributed by atoms with van der Waals surface area (Å²) in [5.74, 6) is 0.554. The number of benzene rings is 2. The lowest BCUT2D eigenvalue weighted by molar-refractivity contribution is 0.835. The summed E-state index contributed by atoms with van der Waals surface area (Å²) >= 11 is 0. The number of nitriles is 1. The molecule has 0 radical (unpaired) electrons. The van der Waals surface area contributed by atoms with Crippen LogP contribution in [-0.2, 0) is 0 Å². The van der Waals surface area contributed by atoms with Crippen LogP contribution in [0.25, 0.3) is 21.9 Å². The third-order valence-corrected chi connectivity index (χ3v) is 4.64. The first-order valence-electron chi connectivity index (χ1n) is 8.89. The van der Waals surface area contributed by atoms with E-state index in [9.17, 15) is 5.26 Å². The van der Waals surface area contributed by atoms with Crippen LogP contribution in [0, 0.1) is 11.3 Å². The molecule has 0 saturated heterocycles. The maximum absolute atomic E-state index is 9.39. The number of nitrogens with zero attached hydrogens (tertiary/aromatic N) is 4. The number of hydrogen-bond donors (Lipinski definition) is 2. The lowest BCUT2D eigenvalue weighted by Crippen LogP contribution is -2.13. The van der Waals surface area contributed by atoms with E-state index < -0.39 is 0 Å². The number of fused-ring (bicyclic) bond motifs is 1. The van der Waals surface area contributed by atoms with Crippen LogP contribution in [0.4, 0.5) is 11.6 Å². The number of hydrogen-bond acceptors (Lipinski definition) is 6. The number of nitrogens with one attached hydrogen (secondary N) is 1. The minimum absolute atomic E-state index is 0.155. The van der Waals surface area contributed by atoms with Gasteiger partial charge in [-0.15, -0.1) is 0 Å². The van der Waals surface area contributed by atoms with E-state index >= 15 is 0 Å². The lowest BCUT2D eigenvalue weighted by atomic mass is 9.95. The summed E-state index contributed by atoms with van der Waals surface area (Å²) in [7, 11) is 0. The van der Waals surface area contributed by atoms with Crippen molar-refractivity contribution in [3.8, 4) is 17.2 Å². The molecule has 4 aromatic rings. The van der Waals surface area contributed by atoms with Crippen molar-refractivity contribution in [1.29, 1.82) is 5.26 Å². The third-order valence-electron chi connectivity index (χ3n) is 4.64. The van der Waals surface area contributed by atoms with Gasteiger partial charge in [0.15, 0.2) is 0 Å². The number of anilines is 2. The zero-order valence-electron chi connectivity index (χ0n) is 15.3. The molecule has 6 heteroatoms. The molecule has 4 rings (SSSR count). The minimum Gasteiger partial charge on any atom is -0.382 e. The van der Waals surface area contributed by atoms with Gasteiger partial charge in [-0.1, -0.05) is 54.6 Å². The number of pyridine rings is 1. The van der Waals surface area contributed by atoms with Gasteiger partial charge < -0.3 is 11.1 Å². The van der Waals surface area contributed by atoms with Crippen LogP contribution in [0.1, 0.15) is 24.2 Å². The molecule has 0 spiro atoms. The van der Waals surface area contributed by atoms with Crippen LogP contribution in [0.5, 0.6) is 0 Å². The van der Waals surface area contributed by atoms with E-state index in [0.29, 0.717) is 5.82 Å². The van der Waals surface area contributed by atoms with Crippen LogP contribution in [0.15, 0.2) is 67.1 Å². The van der Waals surface area contributed by atoms with Crippen LogP contribution >= 0.6 is 0 Å². The van der Waals surface area contributed by atoms with E-state index in [2.05, 4.69) is 45.6 Å². The van der Waals surface area contributed by atoms with E-state index in [4.69, 9.17) is 10.7 Å². The molecule has 2 aromatic carbocycles. The standard InChI is InChI=1S/C22H18N6/c1-14(28-22-18(11-23)21(24)26-13-27-22)20-19(15-7-3-2-4-8-15)17-10-6-5-9-16(17)12-25-20/h2-10,12-14H,1H3,(H3,24,26,27,28). The molecular weight excluding hydrogens is 348 g/mol. The predicted octanol–water partition coefficient (Wildman–Crippen LogP) is 4.32. The Morgan fingerprint density at radius 1 is 1.00 bits per heavy atom. The topological polar surface area (TPSA) is 101 Å². The fourth-order valence-electron chi connectivity index (χ4n) is 3.31. The Morgan fingerprint density at radius 3 is 2.54 bits per heavy atom. The normalized spacial score (nSPS) is 11.7. The van der Waals surface area contributed by atoms with Crippen LogP contribution < -0.4 is 11.1 Å². The molecule has 2 aromatic heterocycles. The third kappa shape index (κ3) is 3.10. The minimum atomic E-state index is -0.207. The molecule has 0 aliphatic heterocycles. The Labute approximate surface area is 162 Å². The molecule has 28 heavy (non-hydrogen) atoms. The Morgan fingerprint density at radius 2 is 1.75 bits per heavy atom. The van der Waals surface area contributed by atoms with Crippen molar-refractivity contribution in [2.45, 2.75) is 13.0 Å². The molecule has 0 saturated carbocycles. The van der Waals surface area contributed by atoms with Gasteiger partial charge in [0.25, 0.3) is 0 Å². The van der Waals surface area contributed by atoms with Gasteiger partial charge in [0.05, 0.1) is 11.7 Å². The Bertz CT molecular complexity index is 1180. The average molecular weight is 366 g/mol. The van der Waals surface area contributed by atoms with E-state index in [1.54, 1.807) is 0 Å². The van der Waals surface area contributed by atoms with Gasteiger partial charge in [-0.25, -0.2) is 9.97 Å². The van der Waals surface area contributed by atoms with Crippen molar-refractivity contribution in [3.63, 3.8) is 0 Å². The monoisotopic (exact) mass is 366 g/mol. The highest BCUT2D eigenvalue weighted by Gasteiger charge is 2.19. The number of nitrogen functional groups attached to an aromatic ring is 1. The molecule has 0 aliphatic carbocycles. The molecule has 0 aliphatic rings. The second-order valence-corrected chi connectivity index (χ2v) is 6.43. The van der Waals surface area contributed by atoms with Gasteiger partial charge in [0.1, 0.15) is 29.6 Å². The van der Waals surface area contributed by atoms with Crippen LogP contribution in [0.3, 0.4) is 0 Å². The molecule has 1 unspecified atom stereocenters. The van der Waals surface area contributed by atoms with Gasteiger partial charge >= 0.3 is 0 Å². The van der Waals surface area contributed by atoms with Crippen molar-refractivity contribution in [2.24, 2.45) is 0 Å². The molecule has 136 valence electrons. The summed E-state index contributed by atoms with van der Waals surface area (Å²) in [6.07, 6.45) is 3.21. The molecular formula is C22H18N6. The zero-order valence-corrected chi connectivity index (χ0v) is 15.3. The molecule has 0 fully saturated rings. The first-order valence-corrected chi connectivity index (χ1v) is 8.89. The summed E-state index contributed by atoms with van der Waals surface area (Å²) in [5.41, 5.74) is 9.05. The van der Waals surface area contributed by atoms with Gasteiger partial charge in [-0.2, -0.15) is 5.26 Å². The Hall–Kier alpha value is -3.98. The summed E-state index contributed by atoms with van der Waals surface area (Å²) in [6.45, 7) is 1.99. The largest absolute Gasteiger partial charge is 0.382 e. The summed E-state index contributed by atoms with van der Waals surface area (Å²) in [6, 6.07) is 20.2. The Kier molecular flexibility index (Phi) is 4.56. The second-order valence-electron chi connectivity index (χ2n) is 6.43. The second kappa shape index (κ2) is 7.33. The highest BCUT2D eigenvalue weighted by atomic mass is 15.1. The van der Waals surface area contributed by atoms with Crippen molar-refractivity contribution >= 4 is 22.4 Å². The van der Waals surface area contributed by atoms with Crippen molar-refractivity contribution in [1.82, 2.24) is 15.0 Å². The lowest BCUT2D eigenvalue weighted by Gasteiger charge is -2.20. The average Bonchev–Trinajstić information content (AvgIpc) is 2.73. The highest BCUT2D eigenvalue weighted by Crippen LogP contribution is 2.35. The van der Waals surface area contributed by atoms with Crippen molar-refractivity contribution in [3.05, 3.63) is 78.4 Å². The fraction of sp³-hybridized carbons (Fsp3) is 0.0909. The van der Waals surface area contributed by atoms with Crippen LogP contribution in [-0.4, -0.2) is 15.0 Å². The molecule has 6 nitrogen and oxygen atoms in total. The Balaban J connectivity index is 1.85. The van der Waals surface area contributed by atoms with Gasteiger partial charge in [-0.3, -0.25) is 4.98 Å². The first-order chi connectivity index (χ1) is 13.7. The maximum Gasteiger partial charge on any atom is 0.150 e. The zero-order chi connectivity index (χ0) is 19.5. The van der Waals surface area contributed by atoms with E-state index in [1.165, 1.54) is 6.33 Å². The van der Waals surface area contributed by atoms with Crippen molar-refractivity contribution < 1.29 is 0 Å².